The second-order valence-electron chi connectivity index (χ2n) is 9.28. The minimum atomic E-state index is -0.615. The van der Waals surface area contributed by atoms with E-state index >= 15 is 0 Å². The maximum atomic E-state index is 12.7. The highest BCUT2D eigenvalue weighted by atomic mass is 32.1. The number of hydrogen-bond donors (Lipinski definition) is 3. The molecule has 0 saturated heterocycles. The number of para-hydroxylation sites is 1. The standard InChI is InChI=1S/C30H32N4O5S/c1-5-37-29(36)27-19(4)32-30(40)33-28(27)22-12-8-9-13-24(22)38-17-26(35)34-31-16-23-21-11-7-6-10-20(21)14-15-25(23)39-18(2)3/h6-16,18,28H,5,17H2,1-4H3,(H,34,35)(H2,32,33,40)/t28-/m1/s1. The number of amides is 1. The second-order valence-corrected chi connectivity index (χ2v) is 9.68. The molecule has 1 aliphatic heterocycles. The van der Waals surface area contributed by atoms with E-state index in [9.17, 15) is 9.59 Å². The van der Waals surface area contributed by atoms with Gasteiger partial charge in [-0.15, -0.1) is 0 Å². The summed E-state index contributed by atoms with van der Waals surface area (Å²) in [6.07, 6.45) is 1.55. The van der Waals surface area contributed by atoms with Crippen molar-refractivity contribution in [2.24, 2.45) is 5.10 Å². The normalized spacial score (nSPS) is 15.1. The van der Waals surface area contributed by atoms with Gasteiger partial charge in [-0.3, -0.25) is 4.79 Å². The summed E-state index contributed by atoms with van der Waals surface area (Å²) in [5, 5.41) is 12.6. The Kier molecular flexibility index (Phi) is 9.34. The third kappa shape index (κ3) is 6.76. The number of benzene rings is 3. The molecule has 3 aromatic carbocycles. The van der Waals surface area contributed by atoms with Crippen molar-refractivity contribution >= 4 is 46.2 Å². The van der Waals surface area contributed by atoms with Crippen molar-refractivity contribution in [1.29, 1.82) is 0 Å². The summed E-state index contributed by atoms with van der Waals surface area (Å²) < 4.78 is 17.1. The van der Waals surface area contributed by atoms with E-state index in [2.05, 4.69) is 21.2 Å². The summed E-state index contributed by atoms with van der Waals surface area (Å²) in [5.74, 6) is 0.164. The molecule has 1 aliphatic rings. The Morgan fingerprint density at radius 3 is 2.60 bits per heavy atom. The molecule has 0 unspecified atom stereocenters. The quantitative estimate of drug-likeness (QED) is 0.144. The first-order valence-corrected chi connectivity index (χ1v) is 13.4. The monoisotopic (exact) mass is 560 g/mol. The maximum Gasteiger partial charge on any atom is 0.338 e. The topological polar surface area (TPSA) is 110 Å². The molecule has 0 spiro atoms. The average molecular weight is 561 g/mol. The van der Waals surface area contributed by atoms with Gasteiger partial charge in [-0.25, -0.2) is 10.2 Å². The summed E-state index contributed by atoms with van der Waals surface area (Å²) in [7, 11) is 0. The molecular formula is C30H32N4O5S. The first-order chi connectivity index (χ1) is 19.3. The van der Waals surface area contributed by atoms with Crippen LogP contribution in [-0.4, -0.2) is 42.5 Å². The largest absolute Gasteiger partial charge is 0.490 e. The number of nitrogens with zero attached hydrogens (tertiary/aromatic N) is 1. The van der Waals surface area contributed by atoms with Crippen molar-refractivity contribution in [1.82, 2.24) is 16.1 Å². The number of rotatable bonds is 10. The van der Waals surface area contributed by atoms with Crippen LogP contribution in [0.3, 0.4) is 0 Å². The van der Waals surface area contributed by atoms with Crippen LogP contribution in [0.5, 0.6) is 11.5 Å². The van der Waals surface area contributed by atoms with Gasteiger partial charge in [0.1, 0.15) is 11.5 Å². The second kappa shape index (κ2) is 13.1. The minimum absolute atomic E-state index is 0.0249. The molecule has 0 aromatic heterocycles. The van der Waals surface area contributed by atoms with Crippen LogP contribution < -0.4 is 25.5 Å². The van der Waals surface area contributed by atoms with Gasteiger partial charge in [0, 0.05) is 16.8 Å². The molecule has 1 heterocycles. The molecule has 9 nitrogen and oxygen atoms in total. The van der Waals surface area contributed by atoms with Gasteiger partial charge < -0.3 is 24.8 Å². The van der Waals surface area contributed by atoms with Crippen molar-refractivity contribution < 1.29 is 23.8 Å². The third-order valence-corrected chi connectivity index (χ3v) is 6.25. The Bertz CT molecular complexity index is 1480. The number of hydrogen-bond acceptors (Lipinski definition) is 7. The predicted molar refractivity (Wildman–Crippen MR) is 158 cm³/mol. The molecule has 4 rings (SSSR count). The third-order valence-electron chi connectivity index (χ3n) is 6.03. The SMILES string of the molecule is CCOC(=O)C1=C(C)NC(=S)N[C@@H]1c1ccccc1OCC(=O)NN=Cc1c(OC(C)C)ccc2ccccc12. The van der Waals surface area contributed by atoms with Gasteiger partial charge in [0.15, 0.2) is 11.7 Å². The summed E-state index contributed by atoms with van der Waals surface area (Å²) in [6, 6.07) is 18.3. The van der Waals surface area contributed by atoms with Gasteiger partial charge in [0.2, 0.25) is 0 Å². The van der Waals surface area contributed by atoms with Crippen LogP contribution in [0.4, 0.5) is 0 Å². The lowest BCUT2D eigenvalue weighted by Gasteiger charge is -2.30. The van der Waals surface area contributed by atoms with E-state index in [1.165, 1.54) is 0 Å². The molecule has 0 aliphatic carbocycles. The fourth-order valence-electron chi connectivity index (χ4n) is 4.37. The van der Waals surface area contributed by atoms with Gasteiger partial charge in [-0.05, 0) is 62.8 Å². The van der Waals surface area contributed by atoms with E-state index in [-0.39, 0.29) is 19.3 Å². The summed E-state index contributed by atoms with van der Waals surface area (Å²) in [6.45, 7) is 7.34. The first-order valence-electron chi connectivity index (χ1n) is 13.0. The molecule has 3 aromatic rings. The van der Waals surface area contributed by atoms with E-state index in [1.54, 1.807) is 38.3 Å². The molecule has 0 saturated carbocycles. The molecular weight excluding hydrogens is 528 g/mol. The van der Waals surface area contributed by atoms with Crippen molar-refractivity contribution in [3.05, 3.63) is 83.1 Å². The lowest BCUT2D eigenvalue weighted by molar-refractivity contribution is -0.139. The maximum absolute atomic E-state index is 12.7. The van der Waals surface area contributed by atoms with Crippen molar-refractivity contribution in [3.63, 3.8) is 0 Å². The molecule has 0 fully saturated rings. The van der Waals surface area contributed by atoms with Gasteiger partial charge >= 0.3 is 5.97 Å². The summed E-state index contributed by atoms with van der Waals surface area (Å²) in [5.41, 5.74) is 4.89. The number of nitrogens with one attached hydrogen (secondary N) is 3. The Morgan fingerprint density at radius 2 is 1.82 bits per heavy atom. The summed E-state index contributed by atoms with van der Waals surface area (Å²) in [4.78, 5) is 25.4. The Labute approximate surface area is 238 Å². The number of esters is 1. The summed E-state index contributed by atoms with van der Waals surface area (Å²) >= 11 is 5.32. The van der Waals surface area contributed by atoms with Crippen molar-refractivity contribution in [3.8, 4) is 11.5 Å². The zero-order chi connectivity index (χ0) is 28.6. The van der Waals surface area contributed by atoms with Crippen LogP contribution in [0, 0.1) is 0 Å². The van der Waals surface area contributed by atoms with Crippen LogP contribution in [0.15, 0.2) is 77.0 Å². The number of hydrazone groups is 1. The van der Waals surface area contributed by atoms with Crippen LogP contribution >= 0.6 is 12.2 Å². The number of fused-ring (bicyclic) bond motifs is 1. The molecule has 208 valence electrons. The number of carbonyl (C=O) groups excluding carboxylic acids is 2. The molecule has 1 atom stereocenters. The Hall–Kier alpha value is -4.44. The number of carbonyl (C=O) groups is 2. The van der Waals surface area contributed by atoms with Gasteiger partial charge in [0.25, 0.3) is 5.91 Å². The number of thiocarbonyl (C=S) groups is 1. The van der Waals surface area contributed by atoms with Crippen LogP contribution in [-0.2, 0) is 14.3 Å². The average Bonchev–Trinajstić information content (AvgIpc) is 2.92. The van der Waals surface area contributed by atoms with E-state index < -0.39 is 17.9 Å². The Morgan fingerprint density at radius 1 is 1.07 bits per heavy atom. The highest BCUT2D eigenvalue weighted by Crippen LogP contribution is 2.33. The molecule has 1 amide bonds. The lowest BCUT2D eigenvalue weighted by Crippen LogP contribution is -2.45. The highest BCUT2D eigenvalue weighted by Gasteiger charge is 2.32. The zero-order valence-electron chi connectivity index (χ0n) is 22.8. The molecule has 3 N–H and O–H groups in total. The van der Waals surface area contributed by atoms with Crippen LogP contribution in [0.1, 0.15) is 44.9 Å². The van der Waals surface area contributed by atoms with E-state index in [0.717, 1.165) is 16.3 Å². The molecule has 40 heavy (non-hydrogen) atoms. The molecule has 10 heteroatoms. The molecule has 0 bridgehead atoms. The van der Waals surface area contributed by atoms with Gasteiger partial charge in [-0.2, -0.15) is 5.10 Å². The van der Waals surface area contributed by atoms with E-state index in [1.807, 2.05) is 56.3 Å². The molecule has 0 radical (unpaired) electrons. The lowest BCUT2D eigenvalue weighted by atomic mass is 9.95. The minimum Gasteiger partial charge on any atom is -0.490 e. The van der Waals surface area contributed by atoms with E-state index in [0.29, 0.717) is 33.4 Å². The van der Waals surface area contributed by atoms with E-state index in [4.69, 9.17) is 26.4 Å². The zero-order valence-corrected chi connectivity index (χ0v) is 23.6. The first kappa shape index (κ1) is 28.6. The number of allylic oxidation sites excluding steroid dienone is 1. The van der Waals surface area contributed by atoms with Crippen LogP contribution in [0.25, 0.3) is 10.8 Å². The fraction of sp³-hybridized carbons (Fsp3) is 0.267. The van der Waals surface area contributed by atoms with Crippen molar-refractivity contribution in [2.75, 3.05) is 13.2 Å². The Balaban J connectivity index is 1.49. The van der Waals surface area contributed by atoms with Gasteiger partial charge in [-0.1, -0.05) is 48.5 Å². The predicted octanol–water partition coefficient (Wildman–Crippen LogP) is 4.51. The fourth-order valence-corrected chi connectivity index (χ4v) is 4.64. The number of ether oxygens (including phenoxy) is 3. The van der Waals surface area contributed by atoms with Gasteiger partial charge in [0.05, 0.1) is 30.5 Å². The van der Waals surface area contributed by atoms with Crippen molar-refractivity contribution in [2.45, 2.75) is 39.8 Å². The highest BCUT2D eigenvalue weighted by molar-refractivity contribution is 7.80. The smallest absolute Gasteiger partial charge is 0.338 e. The van der Waals surface area contributed by atoms with Crippen LogP contribution in [0.2, 0.25) is 0 Å².